The van der Waals surface area contributed by atoms with Crippen LogP contribution in [0.1, 0.15) is 24.1 Å². The Balaban J connectivity index is 1.54. The lowest BCUT2D eigenvalue weighted by Gasteiger charge is -2.43. The van der Waals surface area contributed by atoms with Crippen LogP contribution in [0.2, 0.25) is 0 Å². The maximum absolute atomic E-state index is 12.2. The Bertz CT molecular complexity index is 821. The lowest BCUT2D eigenvalue weighted by Crippen LogP contribution is -2.50. The van der Waals surface area contributed by atoms with Gasteiger partial charge >= 0.3 is 6.03 Å². The number of benzene rings is 1. The van der Waals surface area contributed by atoms with Gasteiger partial charge in [0, 0.05) is 24.0 Å². The SMILES string of the molecule is NC(=O)NCC(=O)N1CCC2(CC1)OCCc1c2[nH]c2ccccc12. The highest BCUT2D eigenvalue weighted by Gasteiger charge is 2.43. The predicted molar refractivity (Wildman–Crippen MR) is 93.0 cm³/mol. The van der Waals surface area contributed by atoms with E-state index in [4.69, 9.17) is 10.5 Å². The molecule has 4 N–H and O–H groups in total. The zero-order valence-corrected chi connectivity index (χ0v) is 14.0. The number of primary amides is 1. The number of nitrogens with zero attached hydrogens (tertiary/aromatic N) is 1. The van der Waals surface area contributed by atoms with Gasteiger partial charge in [0.1, 0.15) is 5.60 Å². The third-order valence-corrected chi connectivity index (χ3v) is 5.34. The number of aromatic nitrogens is 1. The Labute approximate surface area is 145 Å². The second-order valence-electron chi connectivity index (χ2n) is 6.72. The molecule has 1 spiro atoms. The summed E-state index contributed by atoms with van der Waals surface area (Å²) >= 11 is 0. The van der Waals surface area contributed by atoms with Crippen molar-refractivity contribution in [3.8, 4) is 0 Å². The number of amides is 3. The monoisotopic (exact) mass is 342 g/mol. The molecule has 0 bridgehead atoms. The minimum Gasteiger partial charge on any atom is -0.368 e. The van der Waals surface area contributed by atoms with Crippen molar-refractivity contribution >= 4 is 22.8 Å². The lowest BCUT2D eigenvalue weighted by molar-refractivity contribution is -0.140. The van der Waals surface area contributed by atoms with Crippen LogP contribution in [-0.2, 0) is 21.6 Å². The number of hydrogen-bond acceptors (Lipinski definition) is 3. The van der Waals surface area contributed by atoms with Crippen LogP contribution in [-0.4, -0.2) is 48.1 Å². The fourth-order valence-corrected chi connectivity index (χ4v) is 4.06. The molecule has 3 heterocycles. The average Bonchev–Trinajstić information content (AvgIpc) is 3.01. The molecule has 132 valence electrons. The molecule has 1 aromatic heterocycles. The smallest absolute Gasteiger partial charge is 0.312 e. The largest absolute Gasteiger partial charge is 0.368 e. The molecule has 2 aliphatic heterocycles. The Hall–Kier alpha value is -2.54. The van der Waals surface area contributed by atoms with Crippen molar-refractivity contribution in [2.45, 2.75) is 24.9 Å². The molecule has 1 aromatic carbocycles. The molecule has 0 radical (unpaired) electrons. The third-order valence-electron chi connectivity index (χ3n) is 5.34. The number of para-hydroxylation sites is 1. The van der Waals surface area contributed by atoms with Crippen molar-refractivity contribution in [2.75, 3.05) is 26.2 Å². The van der Waals surface area contributed by atoms with Gasteiger partial charge in [-0.2, -0.15) is 0 Å². The molecule has 0 aliphatic carbocycles. The van der Waals surface area contributed by atoms with Crippen molar-refractivity contribution in [2.24, 2.45) is 5.73 Å². The van der Waals surface area contributed by atoms with E-state index in [1.54, 1.807) is 4.90 Å². The number of likely N-dealkylation sites (tertiary alicyclic amines) is 1. The van der Waals surface area contributed by atoms with Gasteiger partial charge in [-0.25, -0.2) is 4.79 Å². The van der Waals surface area contributed by atoms with Crippen molar-refractivity contribution < 1.29 is 14.3 Å². The molecule has 1 saturated heterocycles. The van der Waals surface area contributed by atoms with E-state index in [1.807, 2.05) is 6.07 Å². The van der Waals surface area contributed by atoms with Gasteiger partial charge in [-0.3, -0.25) is 4.79 Å². The lowest BCUT2D eigenvalue weighted by atomic mass is 9.83. The molecule has 7 heteroatoms. The van der Waals surface area contributed by atoms with Gasteiger partial charge in [0.2, 0.25) is 5.91 Å². The summed E-state index contributed by atoms with van der Waals surface area (Å²) in [5, 5.41) is 3.63. The quantitative estimate of drug-likeness (QED) is 0.765. The second-order valence-corrected chi connectivity index (χ2v) is 6.72. The highest BCUT2D eigenvalue weighted by Crippen LogP contribution is 2.43. The van der Waals surface area contributed by atoms with Crippen LogP contribution in [0.25, 0.3) is 10.9 Å². The minimum atomic E-state index is -0.680. The number of ether oxygens (including phenoxy) is 1. The van der Waals surface area contributed by atoms with Crippen LogP contribution in [0.15, 0.2) is 24.3 Å². The van der Waals surface area contributed by atoms with Crippen molar-refractivity contribution in [3.63, 3.8) is 0 Å². The predicted octanol–water partition coefficient (Wildman–Crippen LogP) is 1.23. The summed E-state index contributed by atoms with van der Waals surface area (Å²) < 4.78 is 6.23. The van der Waals surface area contributed by atoms with Crippen molar-refractivity contribution in [1.82, 2.24) is 15.2 Å². The van der Waals surface area contributed by atoms with Crippen LogP contribution in [0.3, 0.4) is 0 Å². The van der Waals surface area contributed by atoms with E-state index in [2.05, 4.69) is 28.5 Å². The number of hydrogen-bond donors (Lipinski definition) is 3. The van der Waals surface area contributed by atoms with Crippen LogP contribution in [0.5, 0.6) is 0 Å². The zero-order chi connectivity index (χ0) is 17.4. The number of H-pyrrole nitrogens is 1. The summed E-state index contributed by atoms with van der Waals surface area (Å²) in [5.74, 6) is -0.110. The van der Waals surface area contributed by atoms with Gasteiger partial charge in [-0.15, -0.1) is 0 Å². The number of fused-ring (bicyclic) bond motifs is 4. The molecule has 3 amide bonds. The average molecular weight is 342 g/mol. The van der Waals surface area contributed by atoms with E-state index in [9.17, 15) is 9.59 Å². The molecule has 25 heavy (non-hydrogen) atoms. The first kappa shape index (κ1) is 16.0. The van der Waals surface area contributed by atoms with E-state index in [0.29, 0.717) is 19.7 Å². The Morgan fingerprint density at radius 3 is 2.80 bits per heavy atom. The molecular formula is C18H22N4O3. The third kappa shape index (κ3) is 2.74. The van der Waals surface area contributed by atoms with Crippen molar-refractivity contribution in [3.05, 3.63) is 35.5 Å². The number of rotatable bonds is 2. The summed E-state index contributed by atoms with van der Waals surface area (Å²) in [5.41, 5.74) is 8.33. The number of nitrogens with two attached hydrogens (primary N) is 1. The first-order chi connectivity index (χ1) is 12.1. The van der Waals surface area contributed by atoms with Crippen LogP contribution in [0.4, 0.5) is 4.79 Å². The Morgan fingerprint density at radius 1 is 1.28 bits per heavy atom. The van der Waals surface area contributed by atoms with Gasteiger partial charge in [-0.05, 0) is 30.9 Å². The summed E-state index contributed by atoms with van der Waals surface area (Å²) in [4.78, 5) is 28.3. The van der Waals surface area contributed by atoms with E-state index >= 15 is 0 Å². The highest BCUT2D eigenvalue weighted by atomic mass is 16.5. The zero-order valence-electron chi connectivity index (χ0n) is 14.0. The molecule has 7 nitrogen and oxygen atoms in total. The topological polar surface area (TPSA) is 100 Å². The Kier molecular flexibility index (Phi) is 3.88. The van der Waals surface area contributed by atoms with Crippen LogP contribution < -0.4 is 11.1 Å². The van der Waals surface area contributed by atoms with E-state index in [1.165, 1.54) is 16.6 Å². The summed E-state index contributed by atoms with van der Waals surface area (Å²) in [6, 6.07) is 7.66. The highest BCUT2D eigenvalue weighted by molar-refractivity contribution is 5.85. The molecule has 0 atom stereocenters. The van der Waals surface area contributed by atoms with Gasteiger partial charge in [0.05, 0.1) is 18.8 Å². The maximum Gasteiger partial charge on any atom is 0.312 e. The number of aromatic amines is 1. The fourth-order valence-electron chi connectivity index (χ4n) is 4.06. The number of carbonyl (C=O) groups excluding carboxylic acids is 2. The van der Waals surface area contributed by atoms with Gasteiger partial charge in [0.25, 0.3) is 0 Å². The summed E-state index contributed by atoms with van der Waals surface area (Å²) in [7, 11) is 0. The summed E-state index contributed by atoms with van der Waals surface area (Å²) in [6.45, 7) is 1.86. The number of urea groups is 1. The van der Waals surface area contributed by atoms with Crippen LogP contribution in [0, 0.1) is 0 Å². The van der Waals surface area contributed by atoms with Gasteiger partial charge in [0.15, 0.2) is 0 Å². The Morgan fingerprint density at radius 2 is 2.04 bits per heavy atom. The molecular weight excluding hydrogens is 320 g/mol. The maximum atomic E-state index is 12.2. The summed E-state index contributed by atoms with van der Waals surface area (Å²) in [6.07, 6.45) is 2.40. The molecule has 4 rings (SSSR count). The molecule has 0 saturated carbocycles. The van der Waals surface area contributed by atoms with E-state index in [0.717, 1.165) is 24.8 Å². The molecule has 0 unspecified atom stereocenters. The molecule has 2 aliphatic rings. The van der Waals surface area contributed by atoms with E-state index < -0.39 is 6.03 Å². The normalized spacial score (nSPS) is 19.0. The standard InChI is InChI=1S/C18H22N4O3/c19-17(24)20-11-15(23)22-8-6-18(7-9-22)16-13(5-10-25-18)12-3-1-2-4-14(12)21-16/h1-4,21H,5-11H2,(H3,19,20,24). The van der Waals surface area contributed by atoms with Crippen LogP contribution >= 0.6 is 0 Å². The van der Waals surface area contributed by atoms with Gasteiger partial charge in [-0.1, -0.05) is 18.2 Å². The number of nitrogens with one attached hydrogen (secondary N) is 2. The molecule has 1 fully saturated rings. The van der Waals surface area contributed by atoms with Crippen molar-refractivity contribution in [1.29, 1.82) is 0 Å². The number of carbonyl (C=O) groups is 2. The first-order valence-electron chi connectivity index (χ1n) is 8.64. The number of piperidine rings is 1. The minimum absolute atomic E-state index is 0.0547. The first-order valence-corrected chi connectivity index (χ1v) is 8.64. The molecule has 2 aromatic rings. The van der Waals surface area contributed by atoms with E-state index in [-0.39, 0.29) is 18.1 Å². The fraction of sp³-hybridized carbons (Fsp3) is 0.444. The second kappa shape index (κ2) is 6.07. The van der Waals surface area contributed by atoms with Gasteiger partial charge < -0.3 is 25.7 Å².